The third kappa shape index (κ3) is 4.79. The van der Waals surface area contributed by atoms with Crippen LogP contribution in [0.25, 0.3) is 0 Å². The van der Waals surface area contributed by atoms with Gasteiger partial charge in [0.25, 0.3) is 0 Å². The number of alkyl halides is 1. The number of carbonyl (C=O) groups is 1. The van der Waals surface area contributed by atoms with E-state index in [1.54, 1.807) is 0 Å². The van der Waals surface area contributed by atoms with Gasteiger partial charge in [-0.25, -0.2) is 4.79 Å². The summed E-state index contributed by atoms with van der Waals surface area (Å²) in [5.41, 5.74) is -0.458. The van der Waals surface area contributed by atoms with Gasteiger partial charge in [0, 0.05) is 32.1 Å². The van der Waals surface area contributed by atoms with Crippen LogP contribution in [0.1, 0.15) is 20.8 Å². The van der Waals surface area contributed by atoms with Crippen LogP contribution in [0.4, 0.5) is 9.18 Å². The predicted octanol–water partition coefficient (Wildman–Crippen LogP) is 1.41. The first-order valence-electron chi connectivity index (χ1n) is 5.66. The van der Waals surface area contributed by atoms with E-state index in [9.17, 15) is 9.18 Å². The third-order valence-electron chi connectivity index (χ3n) is 2.35. The first-order valence-corrected chi connectivity index (χ1v) is 5.66. The van der Waals surface area contributed by atoms with Gasteiger partial charge in [0.1, 0.15) is 5.60 Å². The SMILES string of the molecule is CC(C)(C)OC(=O)NCCN1CC(CF)C1. The number of amides is 1. The summed E-state index contributed by atoms with van der Waals surface area (Å²) in [6, 6.07) is 0. The molecule has 1 heterocycles. The van der Waals surface area contributed by atoms with Crippen molar-refractivity contribution in [2.24, 2.45) is 5.92 Å². The first-order chi connectivity index (χ1) is 7.40. The number of halogens is 1. The first kappa shape index (κ1) is 13.2. The van der Waals surface area contributed by atoms with Crippen molar-refractivity contribution in [3.05, 3.63) is 0 Å². The molecule has 5 heteroatoms. The zero-order valence-corrected chi connectivity index (χ0v) is 10.3. The summed E-state index contributed by atoms with van der Waals surface area (Å²) in [4.78, 5) is 13.4. The molecule has 0 aromatic heterocycles. The highest BCUT2D eigenvalue weighted by Crippen LogP contribution is 2.14. The van der Waals surface area contributed by atoms with Gasteiger partial charge in [-0.2, -0.15) is 0 Å². The molecule has 1 saturated heterocycles. The summed E-state index contributed by atoms with van der Waals surface area (Å²) in [7, 11) is 0. The van der Waals surface area contributed by atoms with Crippen LogP contribution in [0.5, 0.6) is 0 Å². The van der Waals surface area contributed by atoms with E-state index in [4.69, 9.17) is 4.74 Å². The lowest BCUT2D eigenvalue weighted by Crippen LogP contribution is -2.50. The molecule has 0 spiro atoms. The van der Waals surface area contributed by atoms with Crippen LogP contribution in [0, 0.1) is 5.92 Å². The van der Waals surface area contributed by atoms with E-state index in [2.05, 4.69) is 10.2 Å². The van der Waals surface area contributed by atoms with E-state index in [1.165, 1.54) is 0 Å². The molecular weight excluding hydrogens is 211 g/mol. The van der Waals surface area contributed by atoms with Crippen molar-refractivity contribution in [3.63, 3.8) is 0 Å². The van der Waals surface area contributed by atoms with Gasteiger partial charge in [-0.3, -0.25) is 4.39 Å². The normalized spacial score (nSPS) is 18.0. The van der Waals surface area contributed by atoms with Gasteiger partial charge >= 0.3 is 6.09 Å². The molecule has 0 bridgehead atoms. The monoisotopic (exact) mass is 232 g/mol. The van der Waals surface area contributed by atoms with E-state index in [1.807, 2.05) is 20.8 Å². The quantitative estimate of drug-likeness (QED) is 0.797. The van der Waals surface area contributed by atoms with Gasteiger partial charge in [0.05, 0.1) is 6.67 Å². The lowest BCUT2D eigenvalue weighted by molar-refractivity contribution is 0.0488. The molecule has 94 valence electrons. The molecule has 0 aromatic rings. The Labute approximate surface area is 96.1 Å². The van der Waals surface area contributed by atoms with Gasteiger partial charge < -0.3 is 15.0 Å². The molecule has 0 unspecified atom stereocenters. The molecule has 16 heavy (non-hydrogen) atoms. The number of ether oxygens (including phenoxy) is 1. The molecule has 1 fully saturated rings. The minimum absolute atomic E-state index is 0.196. The van der Waals surface area contributed by atoms with Crippen LogP contribution in [0.2, 0.25) is 0 Å². The zero-order valence-electron chi connectivity index (χ0n) is 10.3. The fourth-order valence-electron chi connectivity index (χ4n) is 1.59. The van der Waals surface area contributed by atoms with E-state index >= 15 is 0 Å². The summed E-state index contributed by atoms with van der Waals surface area (Å²) in [6.07, 6.45) is -0.393. The molecule has 0 aliphatic carbocycles. The molecule has 4 nitrogen and oxygen atoms in total. The number of likely N-dealkylation sites (tertiary alicyclic amines) is 1. The van der Waals surface area contributed by atoms with Crippen molar-refractivity contribution in [3.8, 4) is 0 Å². The molecule has 0 saturated carbocycles. The fourth-order valence-corrected chi connectivity index (χ4v) is 1.59. The van der Waals surface area contributed by atoms with Crippen molar-refractivity contribution in [2.45, 2.75) is 26.4 Å². The molecule has 1 N–H and O–H groups in total. The van der Waals surface area contributed by atoms with Gasteiger partial charge in [-0.15, -0.1) is 0 Å². The number of carbonyl (C=O) groups excluding carboxylic acids is 1. The molecule has 0 aromatic carbocycles. The molecule has 0 radical (unpaired) electrons. The molecule has 0 atom stereocenters. The van der Waals surface area contributed by atoms with Crippen LogP contribution in [-0.4, -0.2) is 49.4 Å². The minimum atomic E-state index is -0.458. The maximum Gasteiger partial charge on any atom is 0.407 e. The number of nitrogens with one attached hydrogen (secondary N) is 1. The van der Waals surface area contributed by atoms with Crippen molar-refractivity contribution < 1.29 is 13.9 Å². The third-order valence-corrected chi connectivity index (χ3v) is 2.35. The average Bonchev–Trinajstić information content (AvgIpc) is 2.05. The Morgan fingerprint density at radius 2 is 2.12 bits per heavy atom. The number of hydrogen-bond acceptors (Lipinski definition) is 3. The maximum absolute atomic E-state index is 12.1. The molecule has 1 rings (SSSR count). The van der Waals surface area contributed by atoms with Crippen LogP contribution in [-0.2, 0) is 4.74 Å². The standard InChI is InChI=1S/C11H21FN2O2/c1-11(2,3)16-10(15)13-4-5-14-7-9(6-12)8-14/h9H,4-8H2,1-3H3,(H,13,15). The smallest absolute Gasteiger partial charge is 0.407 e. The summed E-state index contributed by atoms with van der Waals surface area (Å²) >= 11 is 0. The lowest BCUT2D eigenvalue weighted by atomic mass is 10.0. The molecule has 1 amide bonds. The van der Waals surface area contributed by atoms with Crippen LogP contribution < -0.4 is 5.32 Å². The van der Waals surface area contributed by atoms with E-state index in [-0.39, 0.29) is 12.6 Å². The average molecular weight is 232 g/mol. The van der Waals surface area contributed by atoms with Crippen molar-refractivity contribution in [1.82, 2.24) is 10.2 Å². The molecular formula is C11H21FN2O2. The highest BCUT2D eigenvalue weighted by atomic mass is 19.1. The second-order valence-electron chi connectivity index (χ2n) is 5.21. The maximum atomic E-state index is 12.1. The topological polar surface area (TPSA) is 41.6 Å². The minimum Gasteiger partial charge on any atom is -0.444 e. The zero-order chi connectivity index (χ0) is 12.2. The van der Waals surface area contributed by atoms with E-state index in [0.29, 0.717) is 6.54 Å². The van der Waals surface area contributed by atoms with Crippen LogP contribution in [0.15, 0.2) is 0 Å². The largest absolute Gasteiger partial charge is 0.444 e. The summed E-state index contributed by atoms with van der Waals surface area (Å²) in [5.74, 6) is 0.196. The number of nitrogens with zero attached hydrogens (tertiary/aromatic N) is 1. The number of alkyl carbamates (subject to hydrolysis) is 1. The molecule has 1 aliphatic rings. The lowest BCUT2D eigenvalue weighted by Gasteiger charge is -2.37. The number of hydrogen-bond donors (Lipinski definition) is 1. The van der Waals surface area contributed by atoms with Gasteiger partial charge in [0.15, 0.2) is 0 Å². The van der Waals surface area contributed by atoms with Gasteiger partial charge in [0.2, 0.25) is 0 Å². The Bertz CT molecular complexity index is 235. The van der Waals surface area contributed by atoms with Crippen LogP contribution in [0.3, 0.4) is 0 Å². The Balaban J connectivity index is 2.02. The Kier molecular flexibility index (Phi) is 4.53. The summed E-state index contributed by atoms with van der Waals surface area (Å²) < 4.78 is 17.2. The number of rotatable bonds is 4. The van der Waals surface area contributed by atoms with Gasteiger partial charge in [-0.05, 0) is 20.8 Å². The van der Waals surface area contributed by atoms with E-state index in [0.717, 1.165) is 19.6 Å². The Hall–Kier alpha value is -0.840. The summed E-state index contributed by atoms with van der Waals surface area (Å²) in [6.45, 7) is 8.15. The van der Waals surface area contributed by atoms with Crippen molar-refractivity contribution in [1.29, 1.82) is 0 Å². The Morgan fingerprint density at radius 1 is 1.50 bits per heavy atom. The second kappa shape index (κ2) is 5.48. The summed E-state index contributed by atoms with van der Waals surface area (Å²) in [5, 5.41) is 2.67. The van der Waals surface area contributed by atoms with Crippen molar-refractivity contribution in [2.75, 3.05) is 32.9 Å². The highest BCUT2D eigenvalue weighted by Gasteiger charge is 2.25. The van der Waals surface area contributed by atoms with Crippen LogP contribution >= 0.6 is 0 Å². The highest BCUT2D eigenvalue weighted by molar-refractivity contribution is 5.67. The molecule has 1 aliphatic heterocycles. The fraction of sp³-hybridized carbons (Fsp3) is 0.909. The predicted molar refractivity (Wildman–Crippen MR) is 60.1 cm³/mol. The second-order valence-corrected chi connectivity index (χ2v) is 5.21. The van der Waals surface area contributed by atoms with Gasteiger partial charge in [-0.1, -0.05) is 0 Å². The van der Waals surface area contributed by atoms with Crippen molar-refractivity contribution >= 4 is 6.09 Å². The Morgan fingerprint density at radius 3 is 2.62 bits per heavy atom. The van der Waals surface area contributed by atoms with E-state index < -0.39 is 11.7 Å².